The molecule has 4 aromatic rings. The molecule has 0 unspecified atom stereocenters. The summed E-state index contributed by atoms with van der Waals surface area (Å²) in [5.41, 5.74) is 3.11. The molecule has 1 heterocycles. The van der Waals surface area contributed by atoms with E-state index in [1.54, 1.807) is 54.6 Å². The number of rotatable bonds is 7. The molecule has 6 rings (SSSR count). The van der Waals surface area contributed by atoms with Crippen molar-refractivity contribution >= 4 is 27.4 Å². The van der Waals surface area contributed by atoms with Gasteiger partial charge in [-0.3, -0.25) is 4.72 Å². The maximum Gasteiger partial charge on any atom is 0.336 e. The number of fused-ring (bicyclic) bond motifs is 3. The first-order chi connectivity index (χ1) is 18.9. The summed E-state index contributed by atoms with van der Waals surface area (Å²) in [6, 6.07) is 28.0. The summed E-state index contributed by atoms with van der Waals surface area (Å²) in [7, 11) is -3.85. The van der Waals surface area contributed by atoms with Gasteiger partial charge < -0.3 is 15.2 Å². The quantitative estimate of drug-likeness (QED) is 0.224. The average molecular weight is 539 g/mol. The van der Waals surface area contributed by atoms with Gasteiger partial charge in [0, 0.05) is 17.3 Å². The Kier molecular flexibility index (Phi) is 6.32. The lowest BCUT2D eigenvalue weighted by Crippen LogP contribution is -2.30. The highest BCUT2D eigenvalue weighted by Crippen LogP contribution is 2.50. The van der Waals surface area contributed by atoms with Crippen molar-refractivity contribution in [1.82, 2.24) is 0 Å². The molecule has 0 aromatic heterocycles. The van der Waals surface area contributed by atoms with Crippen LogP contribution in [0.2, 0.25) is 0 Å². The number of hydrogen-bond acceptors (Lipinski definition) is 5. The van der Waals surface area contributed by atoms with Crippen LogP contribution in [-0.2, 0) is 10.0 Å². The van der Waals surface area contributed by atoms with Crippen molar-refractivity contribution in [3.63, 3.8) is 0 Å². The van der Waals surface area contributed by atoms with Crippen LogP contribution in [0.5, 0.6) is 11.5 Å². The molecule has 3 atom stereocenters. The molecule has 4 aromatic carbocycles. The number of nitrogens with one attached hydrogen (secondary N) is 2. The van der Waals surface area contributed by atoms with E-state index in [9.17, 15) is 18.3 Å². The third-order valence-electron chi connectivity index (χ3n) is 7.26. The Labute approximate surface area is 226 Å². The van der Waals surface area contributed by atoms with E-state index < -0.39 is 16.0 Å². The van der Waals surface area contributed by atoms with Gasteiger partial charge in [-0.2, -0.15) is 0 Å². The summed E-state index contributed by atoms with van der Waals surface area (Å²) in [6.07, 6.45) is 4.94. The van der Waals surface area contributed by atoms with Crippen LogP contribution in [-0.4, -0.2) is 19.5 Å². The number of carboxylic acids is 1. The van der Waals surface area contributed by atoms with E-state index in [2.05, 4.69) is 22.2 Å². The van der Waals surface area contributed by atoms with Gasteiger partial charge in [0.1, 0.15) is 11.5 Å². The van der Waals surface area contributed by atoms with Crippen molar-refractivity contribution in [3.05, 3.63) is 126 Å². The third-order valence-corrected chi connectivity index (χ3v) is 8.64. The molecule has 1 aliphatic carbocycles. The third kappa shape index (κ3) is 4.86. The lowest BCUT2D eigenvalue weighted by atomic mass is 9.76. The summed E-state index contributed by atoms with van der Waals surface area (Å²) in [5, 5.41) is 13.2. The van der Waals surface area contributed by atoms with Crippen molar-refractivity contribution in [1.29, 1.82) is 0 Å². The Morgan fingerprint density at radius 2 is 1.59 bits per heavy atom. The maximum absolute atomic E-state index is 13.3. The van der Waals surface area contributed by atoms with Gasteiger partial charge in [-0.1, -0.05) is 48.6 Å². The number of carboxylic acid groups (broad SMARTS) is 1. The number of allylic oxidation sites excluding steroid dienone is 2. The molecule has 2 aliphatic rings. The molecule has 0 saturated carbocycles. The van der Waals surface area contributed by atoms with Crippen LogP contribution in [0.3, 0.4) is 0 Å². The smallest absolute Gasteiger partial charge is 0.336 e. The monoisotopic (exact) mass is 538 g/mol. The second kappa shape index (κ2) is 9.96. The van der Waals surface area contributed by atoms with Crippen molar-refractivity contribution < 1.29 is 23.1 Å². The normalized spacial score (nSPS) is 19.4. The van der Waals surface area contributed by atoms with E-state index >= 15 is 0 Å². The van der Waals surface area contributed by atoms with E-state index in [1.165, 1.54) is 0 Å². The second-order valence-corrected chi connectivity index (χ2v) is 11.3. The molecule has 0 radical (unpaired) electrons. The fourth-order valence-electron chi connectivity index (χ4n) is 5.44. The molecule has 0 bridgehead atoms. The number of hydrogen-bond donors (Lipinski definition) is 3. The minimum absolute atomic E-state index is 0.0299. The first-order valence-corrected chi connectivity index (χ1v) is 14.1. The van der Waals surface area contributed by atoms with Crippen LogP contribution >= 0.6 is 0 Å². The number of ether oxygens (including phenoxy) is 1. The number of para-hydroxylation sites is 1. The molecule has 0 fully saturated rings. The number of benzene rings is 4. The highest BCUT2D eigenvalue weighted by atomic mass is 32.2. The molecule has 3 N–H and O–H groups in total. The van der Waals surface area contributed by atoms with Crippen LogP contribution < -0.4 is 14.8 Å². The van der Waals surface area contributed by atoms with Crippen molar-refractivity contribution in [2.45, 2.75) is 23.3 Å². The number of sulfonamides is 1. The zero-order valence-electron chi connectivity index (χ0n) is 20.8. The van der Waals surface area contributed by atoms with E-state index in [4.69, 9.17) is 4.74 Å². The van der Waals surface area contributed by atoms with Gasteiger partial charge in [-0.05, 0) is 84.1 Å². The van der Waals surface area contributed by atoms with E-state index in [0.29, 0.717) is 17.2 Å². The van der Waals surface area contributed by atoms with Gasteiger partial charge in [0.2, 0.25) is 0 Å². The summed E-state index contributed by atoms with van der Waals surface area (Å²) in [6.45, 7) is 0. The molecule has 7 nitrogen and oxygen atoms in total. The van der Waals surface area contributed by atoms with Gasteiger partial charge >= 0.3 is 5.97 Å². The number of aromatic carboxylic acids is 1. The van der Waals surface area contributed by atoms with Crippen LogP contribution in [0.1, 0.15) is 39.9 Å². The summed E-state index contributed by atoms with van der Waals surface area (Å²) in [4.78, 5) is 12.0. The molecular formula is C31H26N2O5S. The fourth-order valence-corrected chi connectivity index (χ4v) is 6.53. The minimum Gasteiger partial charge on any atom is -0.478 e. The Balaban J connectivity index is 1.25. The highest BCUT2D eigenvalue weighted by Gasteiger charge is 2.39. The zero-order chi connectivity index (χ0) is 27.0. The summed E-state index contributed by atoms with van der Waals surface area (Å²) in [5.74, 6) is 0.371. The first-order valence-electron chi connectivity index (χ1n) is 12.6. The minimum atomic E-state index is -3.85. The summed E-state index contributed by atoms with van der Waals surface area (Å²) >= 11 is 0. The zero-order valence-corrected chi connectivity index (χ0v) is 21.6. The lowest BCUT2D eigenvalue weighted by molar-refractivity contribution is 0.0694. The second-order valence-electron chi connectivity index (χ2n) is 9.66. The molecule has 8 heteroatoms. The Hall–Kier alpha value is -4.56. The highest BCUT2D eigenvalue weighted by molar-refractivity contribution is 7.92. The molecule has 0 saturated heterocycles. The Morgan fingerprint density at radius 3 is 2.36 bits per heavy atom. The molecule has 39 heavy (non-hydrogen) atoms. The fraction of sp³-hybridized carbons (Fsp3) is 0.129. The first kappa shape index (κ1) is 24.8. The van der Waals surface area contributed by atoms with Gasteiger partial charge in [-0.15, -0.1) is 0 Å². The van der Waals surface area contributed by atoms with Crippen LogP contribution in [0.25, 0.3) is 0 Å². The van der Waals surface area contributed by atoms with Crippen molar-refractivity contribution in [3.8, 4) is 11.5 Å². The maximum atomic E-state index is 13.3. The number of carbonyl (C=O) groups is 1. The van der Waals surface area contributed by atoms with Gasteiger partial charge in [0.15, 0.2) is 0 Å². The predicted octanol–water partition coefficient (Wildman–Crippen LogP) is 6.80. The molecule has 0 amide bonds. The Morgan fingerprint density at radius 1 is 0.872 bits per heavy atom. The molecular weight excluding hydrogens is 512 g/mol. The molecule has 1 aliphatic heterocycles. The van der Waals surface area contributed by atoms with E-state index in [0.717, 1.165) is 23.2 Å². The van der Waals surface area contributed by atoms with Crippen LogP contribution in [0.4, 0.5) is 11.4 Å². The van der Waals surface area contributed by atoms with Crippen LogP contribution in [0, 0.1) is 5.92 Å². The van der Waals surface area contributed by atoms with E-state index in [1.807, 2.05) is 42.5 Å². The van der Waals surface area contributed by atoms with Crippen LogP contribution in [0.15, 0.2) is 114 Å². The standard InChI is InChI=1S/C31H26N2O5S/c34-31(35)27-10-5-4-9-26(27)30-25-12-6-11-24(25)28-19-23(17-18-29(28)32-30)39(36,37)33-20-13-15-22(16-14-20)38-21-7-2-1-3-8-21/h1-11,13-19,24-25,30,32-33H,12H2,(H,34,35)/t24-,25+,30-/m0/s1. The topological polar surface area (TPSA) is 105 Å². The van der Waals surface area contributed by atoms with Crippen molar-refractivity contribution in [2.24, 2.45) is 5.92 Å². The van der Waals surface area contributed by atoms with Gasteiger partial charge in [0.25, 0.3) is 10.0 Å². The SMILES string of the molecule is O=C(O)c1ccccc1[C@H]1Nc2ccc(S(=O)(=O)Nc3ccc(Oc4ccccc4)cc3)cc2[C@H]2C=CC[C@H]21. The predicted molar refractivity (Wildman–Crippen MR) is 150 cm³/mol. The lowest BCUT2D eigenvalue weighted by Gasteiger charge is -2.38. The van der Waals surface area contributed by atoms with Gasteiger partial charge in [0.05, 0.1) is 16.5 Å². The summed E-state index contributed by atoms with van der Waals surface area (Å²) < 4.78 is 35.1. The van der Waals surface area contributed by atoms with Crippen molar-refractivity contribution in [2.75, 3.05) is 10.0 Å². The number of anilines is 2. The molecule has 196 valence electrons. The van der Waals surface area contributed by atoms with Gasteiger partial charge in [-0.25, -0.2) is 13.2 Å². The Bertz CT molecular complexity index is 1670. The van der Waals surface area contributed by atoms with E-state index in [-0.39, 0.29) is 28.3 Å². The average Bonchev–Trinajstić information content (AvgIpc) is 3.44. The largest absolute Gasteiger partial charge is 0.478 e. The molecule has 0 spiro atoms.